The number of benzene rings is 1. The van der Waals surface area contributed by atoms with Crippen LogP contribution in [0.3, 0.4) is 0 Å². The largest absolute Gasteiger partial charge is 0.321 e. The third-order valence-corrected chi connectivity index (χ3v) is 2.56. The Morgan fingerprint density at radius 2 is 1.94 bits per heavy atom. The highest BCUT2D eigenvalue weighted by molar-refractivity contribution is 9.10. The number of hydrogen-bond donors (Lipinski definition) is 2. The van der Waals surface area contributed by atoms with E-state index in [-0.39, 0.29) is 6.42 Å². The first-order valence-corrected chi connectivity index (χ1v) is 5.93. The highest BCUT2D eigenvalue weighted by Crippen LogP contribution is 2.23. The van der Waals surface area contributed by atoms with Crippen LogP contribution in [0.2, 0.25) is 0 Å². The number of amides is 1. The molecule has 0 spiro atoms. The highest BCUT2D eigenvalue weighted by Gasteiger charge is 2.13. The van der Waals surface area contributed by atoms with Crippen LogP contribution < -0.4 is 10.6 Å². The van der Waals surface area contributed by atoms with Crippen LogP contribution in [0.4, 0.5) is 14.5 Å². The molecule has 6 heteroatoms. The van der Waals surface area contributed by atoms with Crippen molar-refractivity contribution in [3.8, 4) is 0 Å². The average Bonchev–Trinajstić information content (AvgIpc) is 2.24. The van der Waals surface area contributed by atoms with Crippen LogP contribution in [0.1, 0.15) is 12.8 Å². The van der Waals surface area contributed by atoms with Gasteiger partial charge in [0.15, 0.2) is 11.6 Å². The summed E-state index contributed by atoms with van der Waals surface area (Å²) in [7, 11) is 1.77. The molecule has 1 rings (SSSR count). The van der Waals surface area contributed by atoms with Gasteiger partial charge in [0.25, 0.3) is 0 Å². The van der Waals surface area contributed by atoms with Gasteiger partial charge in [-0.15, -0.1) is 0 Å². The lowest BCUT2D eigenvalue weighted by atomic mass is 10.2. The summed E-state index contributed by atoms with van der Waals surface area (Å²) in [5.74, 6) is -1.99. The minimum atomic E-state index is -0.793. The van der Waals surface area contributed by atoms with Gasteiger partial charge >= 0.3 is 0 Å². The maximum absolute atomic E-state index is 13.4. The molecule has 0 fully saturated rings. The van der Waals surface area contributed by atoms with Crippen molar-refractivity contribution in [3.05, 3.63) is 28.2 Å². The molecular formula is C11H13BrF2N2O. The molecule has 0 aliphatic heterocycles. The molecule has 0 unspecified atom stereocenters. The van der Waals surface area contributed by atoms with Crippen LogP contribution >= 0.6 is 15.9 Å². The molecule has 0 saturated carbocycles. The minimum Gasteiger partial charge on any atom is -0.321 e. The van der Waals surface area contributed by atoms with Crippen molar-refractivity contribution < 1.29 is 13.6 Å². The summed E-state index contributed by atoms with van der Waals surface area (Å²) < 4.78 is 27.0. The van der Waals surface area contributed by atoms with Gasteiger partial charge in [-0.05, 0) is 32.1 Å². The van der Waals surface area contributed by atoms with Crippen LogP contribution in [-0.4, -0.2) is 19.5 Å². The molecule has 17 heavy (non-hydrogen) atoms. The van der Waals surface area contributed by atoms with Crippen molar-refractivity contribution >= 4 is 27.5 Å². The lowest BCUT2D eigenvalue weighted by Crippen LogP contribution is -2.16. The third kappa shape index (κ3) is 4.40. The van der Waals surface area contributed by atoms with Crippen LogP contribution in [0.25, 0.3) is 0 Å². The molecule has 2 N–H and O–H groups in total. The van der Waals surface area contributed by atoms with E-state index in [1.165, 1.54) is 0 Å². The first-order chi connectivity index (χ1) is 8.04. The molecule has 1 aromatic rings. The molecule has 94 valence electrons. The van der Waals surface area contributed by atoms with E-state index in [2.05, 4.69) is 26.6 Å². The summed E-state index contributed by atoms with van der Waals surface area (Å²) in [4.78, 5) is 11.4. The number of rotatable bonds is 5. The van der Waals surface area contributed by atoms with Crippen molar-refractivity contribution in [2.75, 3.05) is 18.9 Å². The first kappa shape index (κ1) is 14.1. The summed E-state index contributed by atoms with van der Waals surface area (Å²) in [6.07, 6.45) is 0.831. The second-order valence-corrected chi connectivity index (χ2v) is 4.42. The van der Waals surface area contributed by atoms with Gasteiger partial charge in [-0.3, -0.25) is 4.79 Å². The van der Waals surface area contributed by atoms with Gasteiger partial charge in [-0.25, -0.2) is 8.78 Å². The smallest absolute Gasteiger partial charge is 0.224 e. The number of hydrogen-bond acceptors (Lipinski definition) is 2. The van der Waals surface area contributed by atoms with Crippen LogP contribution in [0.5, 0.6) is 0 Å². The van der Waals surface area contributed by atoms with Crippen molar-refractivity contribution in [2.45, 2.75) is 12.8 Å². The maximum atomic E-state index is 13.4. The third-order valence-electron chi connectivity index (χ3n) is 2.10. The molecule has 3 nitrogen and oxygen atoms in total. The van der Waals surface area contributed by atoms with Crippen molar-refractivity contribution in [1.82, 2.24) is 5.32 Å². The average molecular weight is 307 g/mol. The van der Waals surface area contributed by atoms with E-state index < -0.39 is 23.2 Å². The van der Waals surface area contributed by atoms with Gasteiger partial charge < -0.3 is 10.6 Å². The fourth-order valence-electron chi connectivity index (χ4n) is 1.29. The molecule has 0 aliphatic carbocycles. The second-order valence-electron chi connectivity index (χ2n) is 3.50. The molecular weight excluding hydrogens is 294 g/mol. The Balaban J connectivity index is 2.65. The standard InChI is InChI=1S/C11H13BrF2N2O/c1-15-4-2-3-10(17)16-11-8(13)5-7(12)6-9(11)14/h5-6,15H,2-4H2,1H3,(H,16,17). The number of carbonyl (C=O) groups is 1. The Labute approximate surface area is 107 Å². The van der Waals surface area contributed by atoms with Crippen LogP contribution in [0.15, 0.2) is 16.6 Å². The van der Waals surface area contributed by atoms with E-state index in [1.54, 1.807) is 7.05 Å². The van der Waals surface area contributed by atoms with E-state index in [9.17, 15) is 13.6 Å². The van der Waals surface area contributed by atoms with E-state index in [1.807, 2.05) is 0 Å². The van der Waals surface area contributed by atoms with E-state index in [0.29, 0.717) is 17.4 Å². The lowest BCUT2D eigenvalue weighted by molar-refractivity contribution is -0.116. The second kappa shape index (κ2) is 6.66. The molecule has 0 radical (unpaired) electrons. The van der Waals surface area contributed by atoms with Gasteiger partial charge in [0.2, 0.25) is 5.91 Å². The quantitative estimate of drug-likeness (QED) is 0.821. The monoisotopic (exact) mass is 306 g/mol. The molecule has 0 aliphatic rings. The fraction of sp³-hybridized carbons (Fsp3) is 0.364. The zero-order chi connectivity index (χ0) is 12.8. The van der Waals surface area contributed by atoms with Gasteiger partial charge in [0.1, 0.15) is 5.69 Å². The Hall–Kier alpha value is -1.01. The summed E-state index contributed by atoms with van der Waals surface area (Å²) >= 11 is 2.96. The predicted molar refractivity (Wildman–Crippen MR) is 65.8 cm³/mol. The lowest BCUT2D eigenvalue weighted by Gasteiger charge is -2.08. The Morgan fingerprint density at radius 1 is 1.35 bits per heavy atom. The van der Waals surface area contributed by atoms with Gasteiger partial charge in [0, 0.05) is 10.9 Å². The Kier molecular flexibility index (Phi) is 5.50. The predicted octanol–water partition coefficient (Wildman–Crippen LogP) is 2.67. The number of anilines is 1. The van der Waals surface area contributed by atoms with E-state index >= 15 is 0 Å². The maximum Gasteiger partial charge on any atom is 0.224 e. The minimum absolute atomic E-state index is 0.218. The molecule has 0 aromatic heterocycles. The summed E-state index contributed by atoms with van der Waals surface area (Å²) in [5.41, 5.74) is -0.400. The molecule has 1 aromatic carbocycles. The van der Waals surface area contributed by atoms with E-state index in [4.69, 9.17) is 0 Å². The van der Waals surface area contributed by atoms with Crippen molar-refractivity contribution in [1.29, 1.82) is 0 Å². The van der Waals surface area contributed by atoms with Crippen molar-refractivity contribution in [3.63, 3.8) is 0 Å². The normalized spacial score (nSPS) is 10.4. The van der Waals surface area contributed by atoms with Gasteiger partial charge in [-0.1, -0.05) is 15.9 Å². The first-order valence-electron chi connectivity index (χ1n) is 5.13. The van der Waals surface area contributed by atoms with E-state index in [0.717, 1.165) is 12.1 Å². The van der Waals surface area contributed by atoms with Crippen molar-refractivity contribution in [2.24, 2.45) is 0 Å². The fourth-order valence-corrected chi connectivity index (χ4v) is 1.69. The number of carbonyl (C=O) groups excluding carboxylic acids is 1. The Bertz CT molecular complexity index is 389. The Morgan fingerprint density at radius 3 is 2.47 bits per heavy atom. The van der Waals surface area contributed by atoms with Crippen LogP contribution in [0, 0.1) is 11.6 Å². The van der Waals surface area contributed by atoms with Gasteiger partial charge in [0.05, 0.1) is 0 Å². The van der Waals surface area contributed by atoms with Gasteiger partial charge in [-0.2, -0.15) is 0 Å². The summed E-state index contributed by atoms with van der Waals surface area (Å²) in [5, 5.41) is 5.11. The molecule has 0 bridgehead atoms. The zero-order valence-electron chi connectivity index (χ0n) is 9.32. The molecule has 1 amide bonds. The summed E-state index contributed by atoms with van der Waals surface area (Å²) in [6.45, 7) is 0.679. The summed E-state index contributed by atoms with van der Waals surface area (Å²) in [6, 6.07) is 2.21. The highest BCUT2D eigenvalue weighted by atomic mass is 79.9. The molecule has 0 atom stereocenters. The topological polar surface area (TPSA) is 41.1 Å². The number of nitrogens with one attached hydrogen (secondary N) is 2. The number of halogens is 3. The zero-order valence-corrected chi connectivity index (χ0v) is 10.9. The molecule has 0 saturated heterocycles. The molecule has 0 heterocycles. The van der Waals surface area contributed by atoms with Crippen LogP contribution in [-0.2, 0) is 4.79 Å². The SMILES string of the molecule is CNCCCC(=O)Nc1c(F)cc(Br)cc1F.